The highest BCUT2D eigenvalue weighted by molar-refractivity contribution is 7.52. The van der Waals surface area contributed by atoms with Crippen molar-refractivity contribution in [1.29, 1.82) is 0 Å². The molecule has 0 spiro atoms. The number of rotatable bonds is 20. The second-order valence-electron chi connectivity index (χ2n) is 9.57. The van der Waals surface area contributed by atoms with Gasteiger partial charge in [0.15, 0.2) is 0 Å². The first-order chi connectivity index (χ1) is 21.6. The van der Waals surface area contributed by atoms with E-state index in [9.17, 15) is 24.1 Å². The maximum atomic E-state index is 13.5. The Labute approximate surface area is 263 Å². The number of unbranched alkanes of at least 4 members (excludes halogenated alkanes) is 1. The lowest BCUT2D eigenvalue weighted by atomic mass is 10.1. The van der Waals surface area contributed by atoms with Gasteiger partial charge in [0, 0.05) is 19.9 Å². The molecule has 0 amide bonds. The van der Waals surface area contributed by atoms with Gasteiger partial charge >= 0.3 is 26.0 Å². The number of carboxylic acids is 1. The fourth-order valence-electron chi connectivity index (χ4n) is 3.76. The molecule has 2 aromatic rings. The second kappa shape index (κ2) is 20.8. The zero-order valence-electron chi connectivity index (χ0n) is 25.6. The van der Waals surface area contributed by atoms with Crippen LogP contribution in [-0.2, 0) is 50.2 Å². The maximum absolute atomic E-state index is 13.5. The molecule has 15 heteroatoms. The number of ether oxygens (including phenoxy) is 4. The number of guanidine groups is 1. The second-order valence-corrected chi connectivity index (χ2v) is 11.2. The van der Waals surface area contributed by atoms with Crippen LogP contribution in [-0.4, -0.2) is 87.0 Å². The summed E-state index contributed by atoms with van der Waals surface area (Å²) in [5, 5.41) is 9.62. The largest absolute Gasteiger partial charge is 0.508 e. The maximum Gasteiger partial charge on any atom is 0.508 e. The SMILES string of the molecule is CCCCC(C(=O)O)N(C)C(N)=NP(=O)(OCCOC(=O)OCCc1ccccc1)OCCOC(=O)OCCc1ccccc1. The van der Waals surface area contributed by atoms with Crippen molar-refractivity contribution in [3.05, 3.63) is 71.8 Å². The van der Waals surface area contributed by atoms with Gasteiger partial charge in [0.2, 0.25) is 5.96 Å². The fraction of sp³-hybridized carbons (Fsp3) is 0.467. The molecule has 14 nitrogen and oxygen atoms in total. The van der Waals surface area contributed by atoms with Crippen molar-refractivity contribution in [1.82, 2.24) is 4.90 Å². The van der Waals surface area contributed by atoms with Crippen molar-refractivity contribution in [3.8, 4) is 0 Å². The number of benzene rings is 2. The molecule has 2 rings (SSSR count). The highest BCUT2D eigenvalue weighted by atomic mass is 31.2. The van der Waals surface area contributed by atoms with E-state index in [1.165, 1.54) is 7.05 Å². The number of carbonyl (C=O) groups excluding carboxylic acids is 2. The van der Waals surface area contributed by atoms with Crippen molar-refractivity contribution in [3.63, 3.8) is 0 Å². The molecule has 248 valence electrons. The van der Waals surface area contributed by atoms with Gasteiger partial charge in [-0.05, 0) is 17.5 Å². The molecule has 0 aliphatic heterocycles. The molecule has 2 aromatic carbocycles. The van der Waals surface area contributed by atoms with Gasteiger partial charge in [-0.2, -0.15) is 0 Å². The Morgan fingerprint density at radius 3 is 1.67 bits per heavy atom. The van der Waals surface area contributed by atoms with Crippen LogP contribution in [0.25, 0.3) is 0 Å². The van der Waals surface area contributed by atoms with E-state index in [2.05, 4.69) is 4.76 Å². The number of nitrogens with two attached hydrogens (primary N) is 1. The van der Waals surface area contributed by atoms with E-state index in [4.69, 9.17) is 33.7 Å². The summed E-state index contributed by atoms with van der Waals surface area (Å²) in [6.45, 7) is 0.529. The molecule has 0 fully saturated rings. The standard InChI is InChI=1S/C30H42N3O11P/c1-3-4-15-26(27(34)35)33(2)28(31)32-45(38,43-22-20-41-29(36)39-18-16-24-11-7-5-8-12-24)44-23-21-42-30(37)40-19-17-25-13-9-6-10-14-25/h5-14,26H,3-4,15-23H2,1-2H3,(H,34,35)(H2,31,32,38). The Kier molecular flexibility index (Phi) is 17.1. The fourth-order valence-corrected chi connectivity index (χ4v) is 4.96. The number of likely N-dealkylation sites (N-methyl/N-ethyl adjacent to an activating group) is 1. The molecule has 0 heterocycles. The lowest BCUT2D eigenvalue weighted by Gasteiger charge is -2.26. The van der Waals surface area contributed by atoms with Crippen molar-refractivity contribution in [2.24, 2.45) is 10.5 Å². The number of carboxylic acid groups (broad SMARTS) is 1. The number of aliphatic carboxylic acids is 1. The normalized spacial score (nSPS) is 12.2. The van der Waals surface area contributed by atoms with E-state index in [1.807, 2.05) is 67.6 Å². The topological polar surface area (TPSA) is 186 Å². The van der Waals surface area contributed by atoms with Crippen molar-refractivity contribution in [2.45, 2.75) is 45.1 Å². The molecule has 0 saturated carbocycles. The number of nitrogens with zero attached hydrogens (tertiary/aromatic N) is 2. The molecule has 0 aliphatic carbocycles. The quantitative estimate of drug-likeness (QED) is 0.0654. The van der Waals surface area contributed by atoms with Crippen LogP contribution < -0.4 is 5.73 Å². The average Bonchev–Trinajstić information content (AvgIpc) is 3.02. The van der Waals surface area contributed by atoms with Gasteiger partial charge in [-0.3, -0.25) is 9.05 Å². The number of carbonyl (C=O) groups is 3. The van der Waals surface area contributed by atoms with E-state index < -0.39 is 51.2 Å². The summed E-state index contributed by atoms with van der Waals surface area (Å²) in [5.41, 5.74) is 7.96. The molecule has 45 heavy (non-hydrogen) atoms. The summed E-state index contributed by atoms with van der Waals surface area (Å²) in [6.07, 6.45) is 0.717. The molecule has 0 saturated heterocycles. The molecule has 0 bridgehead atoms. The lowest BCUT2D eigenvalue weighted by Crippen LogP contribution is -2.46. The first-order valence-electron chi connectivity index (χ1n) is 14.5. The summed E-state index contributed by atoms with van der Waals surface area (Å²) >= 11 is 0. The van der Waals surface area contributed by atoms with Gasteiger partial charge in [0.25, 0.3) is 0 Å². The van der Waals surface area contributed by atoms with Gasteiger partial charge in [0.05, 0.1) is 26.4 Å². The molecular formula is C30H42N3O11P. The summed E-state index contributed by atoms with van der Waals surface area (Å²) in [5.74, 6) is -1.55. The van der Waals surface area contributed by atoms with Gasteiger partial charge < -0.3 is 34.7 Å². The van der Waals surface area contributed by atoms with Crippen molar-refractivity contribution >= 4 is 32.0 Å². The highest BCUT2D eigenvalue weighted by Crippen LogP contribution is 2.49. The third kappa shape index (κ3) is 15.4. The first kappa shape index (κ1) is 37.1. The van der Waals surface area contributed by atoms with Gasteiger partial charge in [-0.25, -0.2) is 18.9 Å². The third-order valence-electron chi connectivity index (χ3n) is 6.19. The molecular weight excluding hydrogens is 609 g/mol. The number of hydrogen-bond acceptors (Lipinski definition) is 10. The molecule has 0 aromatic heterocycles. The van der Waals surface area contributed by atoms with Crippen LogP contribution in [0.4, 0.5) is 9.59 Å². The summed E-state index contributed by atoms with van der Waals surface area (Å²) in [4.78, 5) is 36.7. The van der Waals surface area contributed by atoms with Crippen molar-refractivity contribution in [2.75, 3.05) is 46.7 Å². The van der Waals surface area contributed by atoms with E-state index in [0.29, 0.717) is 19.3 Å². The zero-order chi connectivity index (χ0) is 32.9. The van der Waals surface area contributed by atoms with Gasteiger partial charge in [-0.1, -0.05) is 80.4 Å². The Hall–Kier alpha value is -4.13. The summed E-state index contributed by atoms with van der Waals surface area (Å²) in [6, 6.07) is 17.8. The predicted octanol–water partition coefficient (Wildman–Crippen LogP) is 4.81. The summed E-state index contributed by atoms with van der Waals surface area (Å²) in [7, 11) is -3.01. The Bertz CT molecular complexity index is 1180. The van der Waals surface area contributed by atoms with Gasteiger partial charge in [0.1, 0.15) is 19.3 Å². The molecule has 1 unspecified atom stereocenters. The minimum Gasteiger partial charge on any atom is -0.480 e. The third-order valence-corrected chi connectivity index (χ3v) is 7.66. The molecule has 0 aliphatic rings. The number of hydrogen-bond donors (Lipinski definition) is 2. The van der Waals surface area contributed by atoms with Crippen LogP contribution in [0.1, 0.15) is 37.3 Å². The van der Waals surface area contributed by atoms with Crippen LogP contribution in [0.2, 0.25) is 0 Å². The van der Waals surface area contributed by atoms with E-state index >= 15 is 0 Å². The lowest BCUT2D eigenvalue weighted by molar-refractivity contribution is -0.141. The Morgan fingerprint density at radius 2 is 1.24 bits per heavy atom. The summed E-state index contributed by atoms with van der Waals surface area (Å²) < 4.78 is 47.9. The Morgan fingerprint density at radius 1 is 0.800 bits per heavy atom. The average molecular weight is 652 g/mol. The van der Waals surface area contributed by atoms with Crippen molar-refractivity contribution < 1.29 is 52.1 Å². The van der Waals surface area contributed by atoms with E-state index in [1.54, 1.807) is 0 Å². The minimum absolute atomic E-state index is 0.0932. The highest BCUT2D eigenvalue weighted by Gasteiger charge is 2.29. The molecule has 3 N–H and O–H groups in total. The monoisotopic (exact) mass is 651 g/mol. The van der Waals surface area contributed by atoms with Crippen LogP contribution in [0.15, 0.2) is 65.4 Å². The Balaban J connectivity index is 1.89. The minimum atomic E-state index is -4.40. The van der Waals surface area contributed by atoms with E-state index in [-0.39, 0.29) is 32.8 Å². The molecule has 0 radical (unpaired) electrons. The van der Waals surface area contributed by atoms with Gasteiger partial charge in [-0.15, -0.1) is 4.76 Å². The predicted molar refractivity (Wildman–Crippen MR) is 165 cm³/mol. The molecule has 1 atom stereocenters. The van der Waals surface area contributed by atoms with Crippen LogP contribution in [0.5, 0.6) is 0 Å². The zero-order valence-corrected chi connectivity index (χ0v) is 26.5. The van der Waals surface area contributed by atoms with E-state index in [0.717, 1.165) is 22.4 Å². The smallest absolute Gasteiger partial charge is 0.480 e. The van der Waals surface area contributed by atoms with Crippen LogP contribution in [0, 0.1) is 0 Å². The van der Waals surface area contributed by atoms with Crippen LogP contribution >= 0.6 is 7.75 Å². The van der Waals surface area contributed by atoms with Crippen LogP contribution in [0.3, 0.4) is 0 Å². The first-order valence-corrected chi connectivity index (χ1v) is 16.0.